The van der Waals surface area contributed by atoms with Crippen molar-refractivity contribution in [1.82, 2.24) is 5.32 Å². The van der Waals surface area contributed by atoms with E-state index in [2.05, 4.69) is 5.32 Å². The van der Waals surface area contributed by atoms with Crippen molar-refractivity contribution in [3.63, 3.8) is 0 Å². The number of hydrogen-bond acceptors (Lipinski definition) is 5. The van der Waals surface area contributed by atoms with E-state index in [1.54, 1.807) is 5.32 Å². The summed E-state index contributed by atoms with van der Waals surface area (Å²) in [5, 5.41) is 12.5. The molecule has 0 heterocycles. The van der Waals surface area contributed by atoms with Gasteiger partial charge in [-0.2, -0.15) is 13.2 Å². The van der Waals surface area contributed by atoms with Crippen LogP contribution in [0.1, 0.15) is 17.3 Å². The molecule has 0 bridgehead atoms. The highest BCUT2D eigenvalue weighted by molar-refractivity contribution is 7.91. The normalized spacial score (nSPS) is 13.9. The van der Waals surface area contributed by atoms with Gasteiger partial charge in [-0.1, -0.05) is 23.2 Å². The zero-order valence-corrected chi connectivity index (χ0v) is 18.2. The van der Waals surface area contributed by atoms with Crippen molar-refractivity contribution in [1.29, 1.82) is 0 Å². The average Bonchev–Trinajstić information content (AvgIpc) is 2.69. The lowest BCUT2D eigenvalue weighted by molar-refractivity contribution is -0.242. The Bertz CT molecular complexity index is 1130. The Kier molecular flexibility index (Phi) is 6.96. The van der Waals surface area contributed by atoms with Crippen LogP contribution in [0.15, 0.2) is 46.2 Å². The van der Waals surface area contributed by atoms with Crippen molar-refractivity contribution >= 4 is 50.5 Å². The van der Waals surface area contributed by atoms with E-state index in [0.29, 0.717) is 0 Å². The lowest BCUT2D eigenvalue weighted by Gasteiger charge is -2.25. The highest BCUT2D eigenvalue weighted by Crippen LogP contribution is 2.39. The summed E-state index contributed by atoms with van der Waals surface area (Å²) in [4.78, 5) is 22.7. The number of carbonyl (C=O) groups excluding carboxylic acids is 2. The van der Waals surface area contributed by atoms with E-state index in [9.17, 15) is 36.3 Å². The molecule has 3 N–H and O–H groups in total. The van der Waals surface area contributed by atoms with Crippen molar-refractivity contribution < 1.29 is 36.3 Å². The fourth-order valence-corrected chi connectivity index (χ4v) is 4.34. The van der Waals surface area contributed by atoms with Gasteiger partial charge in [-0.3, -0.25) is 9.59 Å². The van der Waals surface area contributed by atoms with Gasteiger partial charge in [0.1, 0.15) is 0 Å². The third-order valence-corrected chi connectivity index (χ3v) is 7.04. The van der Waals surface area contributed by atoms with E-state index in [0.717, 1.165) is 12.1 Å². The Labute approximate surface area is 185 Å². The summed E-state index contributed by atoms with van der Waals surface area (Å²) in [6, 6.07) is 6.75. The molecular formula is C18H15Cl2F3N2O5S. The molecule has 0 unspecified atom stereocenters. The smallest absolute Gasteiger partial charge is 0.373 e. The second-order valence-corrected chi connectivity index (χ2v) is 9.04. The predicted octanol–water partition coefficient (Wildman–Crippen LogP) is 3.44. The average molecular weight is 499 g/mol. The van der Waals surface area contributed by atoms with Crippen LogP contribution >= 0.6 is 23.2 Å². The lowest BCUT2D eigenvalue weighted by Crippen LogP contribution is -2.52. The quantitative estimate of drug-likeness (QED) is 0.584. The summed E-state index contributed by atoms with van der Waals surface area (Å²) in [7, 11) is -2.82. The topological polar surface area (TPSA) is 113 Å². The first-order valence-corrected chi connectivity index (χ1v) is 10.5. The van der Waals surface area contributed by atoms with Crippen LogP contribution in [0.2, 0.25) is 10.0 Å². The zero-order valence-electron chi connectivity index (χ0n) is 15.8. The van der Waals surface area contributed by atoms with Gasteiger partial charge in [0.2, 0.25) is 15.4 Å². The molecule has 2 amide bonds. The number of alkyl halides is 3. The molecule has 0 aliphatic carbocycles. The van der Waals surface area contributed by atoms with Gasteiger partial charge < -0.3 is 15.7 Å². The number of hydrogen-bond donors (Lipinski definition) is 3. The van der Waals surface area contributed by atoms with Gasteiger partial charge in [0.05, 0.1) is 25.5 Å². The van der Waals surface area contributed by atoms with Crippen LogP contribution in [-0.2, 0) is 14.6 Å². The van der Waals surface area contributed by atoms with E-state index < -0.39 is 54.1 Å². The van der Waals surface area contributed by atoms with Gasteiger partial charge >= 0.3 is 6.18 Å². The predicted molar refractivity (Wildman–Crippen MR) is 107 cm³/mol. The largest absolute Gasteiger partial charge is 0.426 e. The number of amides is 2. The molecule has 2 aromatic carbocycles. The van der Waals surface area contributed by atoms with Gasteiger partial charge in [-0.15, -0.1) is 0 Å². The summed E-state index contributed by atoms with van der Waals surface area (Å²) >= 11 is 12.0. The van der Waals surface area contributed by atoms with Gasteiger partial charge in [0.25, 0.3) is 11.8 Å². The van der Waals surface area contributed by atoms with Crippen LogP contribution < -0.4 is 10.6 Å². The van der Waals surface area contributed by atoms with Crippen molar-refractivity contribution in [3.8, 4) is 0 Å². The lowest BCUT2D eigenvalue weighted by atomic mass is 10.1. The maximum atomic E-state index is 12.9. The molecule has 31 heavy (non-hydrogen) atoms. The maximum Gasteiger partial charge on any atom is 0.426 e. The molecule has 0 fully saturated rings. The molecule has 13 heteroatoms. The van der Waals surface area contributed by atoms with Crippen LogP contribution in [-0.4, -0.2) is 44.2 Å². The first-order valence-electron chi connectivity index (χ1n) is 8.30. The minimum atomic E-state index is -5.27. The van der Waals surface area contributed by atoms with Crippen molar-refractivity contribution in [2.45, 2.75) is 28.5 Å². The molecule has 0 aliphatic rings. The number of aliphatic hydroxyl groups is 1. The van der Waals surface area contributed by atoms with E-state index in [1.807, 2.05) is 0 Å². The van der Waals surface area contributed by atoms with Crippen molar-refractivity contribution in [2.75, 3.05) is 12.4 Å². The number of carbonyl (C=O) groups is 2. The maximum absolute atomic E-state index is 12.9. The fourth-order valence-electron chi connectivity index (χ4n) is 2.27. The Morgan fingerprint density at radius 1 is 1.00 bits per heavy atom. The number of anilines is 1. The number of rotatable bonds is 5. The summed E-state index contributed by atoms with van der Waals surface area (Å²) in [6.45, 7) is 0.249. The second-order valence-electron chi connectivity index (χ2n) is 6.37. The minimum absolute atomic E-state index is 0.209. The van der Waals surface area contributed by atoms with Crippen molar-refractivity contribution in [2.24, 2.45) is 0 Å². The molecule has 0 saturated carbocycles. The van der Waals surface area contributed by atoms with Crippen LogP contribution in [0.4, 0.5) is 18.9 Å². The molecule has 0 aliphatic heterocycles. The first-order chi connectivity index (χ1) is 14.1. The summed E-state index contributed by atoms with van der Waals surface area (Å²) in [6.07, 6.45) is -5.27. The van der Waals surface area contributed by atoms with Gasteiger partial charge in [0, 0.05) is 12.6 Å². The third kappa shape index (κ3) is 4.79. The van der Waals surface area contributed by atoms with Crippen molar-refractivity contribution in [3.05, 3.63) is 52.0 Å². The van der Waals surface area contributed by atoms with Crippen LogP contribution in [0.25, 0.3) is 0 Å². The number of nitrogens with one attached hydrogen (secondary N) is 2. The number of sulfone groups is 1. The summed E-state index contributed by atoms with van der Waals surface area (Å²) < 4.78 is 64.1. The summed E-state index contributed by atoms with van der Waals surface area (Å²) in [5.74, 6) is -2.27. The zero-order chi connectivity index (χ0) is 23.8. The van der Waals surface area contributed by atoms with E-state index in [-0.39, 0.29) is 17.4 Å². The number of halogens is 5. The Morgan fingerprint density at radius 3 is 2.03 bits per heavy atom. The molecule has 2 aromatic rings. The molecule has 2 rings (SSSR count). The second kappa shape index (κ2) is 8.65. The van der Waals surface area contributed by atoms with E-state index in [1.165, 1.54) is 31.3 Å². The van der Waals surface area contributed by atoms with Crippen LogP contribution in [0.3, 0.4) is 0 Å². The van der Waals surface area contributed by atoms with E-state index in [4.69, 9.17) is 23.2 Å². The molecular weight excluding hydrogens is 484 g/mol. The minimum Gasteiger partial charge on any atom is -0.373 e. The monoisotopic (exact) mass is 498 g/mol. The fraction of sp³-hybridized carbons (Fsp3) is 0.222. The SMILES string of the molecule is CNC(=O)c1ccc(S(=O)(=O)c2ccc(NC(=O)[C@@](C)(O)C(F)(F)F)c(Cl)c2Cl)cc1. The molecule has 0 radical (unpaired) electrons. The van der Waals surface area contributed by atoms with Gasteiger partial charge in [-0.05, 0) is 43.3 Å². The highest BCUT2D eigenvalue weighted by Gasteiger charge is 2.55. The highest BCUT2D eigenvalue weighted by atomic mass is 35.5. The van der Waals surface area contributed by atoms with Crippen LogP contribution in [0.5, 0.6) is 0 Å². The Morgan fingerprint density at radius 2 is 1.55 bits per heavy atom. The first kappa shape index (κ1) is 24.9. The molecule has 0 spiro atoms. The third-order valence-electron chi connectivity index (χ3n) is 4.23. The van der Waals surface area contributed by atoms with Gasteiger partial charge in [0.15, 0.2) is 0 Å². The Hall–Kier alpha value is -2.34. The molecule has 168 valence electrons. The van der Waals surface area contributed by atoms with Crippen LogP contribution in [0, 0.1) is 0 Å². The molecule has 0 aromatic heterocycles. The van der Waals surface area contributed by atoms with Gasteiger partial charge in [-0.25, -0.2) is 8.42 Å². The summed E-state index contributed by atoms with van der Waals surface area (Å²) in [5.41, 5.74) is -3.95. The number of benzene rings is 2. The molecule has 7 nitrogen and oxygen atoms in total. The molecule has 1 atom stereocenters. The van der Waals surface area contributed by atoms with E-state index >= 15 is 0 Å². The standard InChI is InChI=1S/C18H15Cl2F3N2O5S/c1-17(28,18(21,22)23)16(27)25-11-7-8-12(14(20)13(11)19)31(29,30)10-5-3-9(4-6-10)15(26)24-2/h3-8,28H,1-2H3,(H,24,26)(H,25,27)/t17-/m1/s1. The molecule has 0 saturated heterocycles. The Balaban J connectivity index is 2.41.